The Bertz CT molecular complexity index is 1430. The fourth-order valence-corrected chi connectivity index (χ4v) is 4.87. The van der Waals surface area contributed by atoms with E-state index in [1.807, 2.05) is 105 Å². The van der Waals surface area contributed by atoms with Crippen LogP contribution in [0, 0.1) is 11.3 Å². The topological polar surface area (TPSA) is 88.5 Å². The molecule has 0 radical (unpaired) electrons. The normalized spacial score (nSPS) is 15.9. The lowest BCUT2D eigenvalue weighted by atomic mass is 9.94. The van der Waals surface area contributed by atoms with Gasteiger partial charge in [0, 0.05) is 73.0 Å². The predicted octanol–water partition coefficient (Wildman–Crippen LogP) is 4.68. The van der Waals surface area contributed by atoms with Gasteiger partial charge in [-0.1, -0.05) is 36.4 Å². The standard InChI is InChI=1S/C29H25N5O2/c1-33(2)26-17(14-21-19-9-5-7-11-24(19)31-28(21)35)13-18(27(34(3)4)23(26)16-30)15-22-20-10-6-8-12-25(20)32-29(22)36/h5-15H,1-4H3,(H,31,35)(H,32,36)/b21-14-,22-15+. The average Bonchev–Trinajstić information content (AvgIpc) is 3.33. The molecule has 2 heterocycles. The van der Waals surface area contributed by atoms with Gasteiger partial charge in [-0.15, -0.1) is 0 Å². The third-order valence-electron chi connectivity index (χ3n) is 6.36. The predicted molar refractivity (Wildman–Crippen MR) is 146 cm³/mol. The lowest BCUT2D eigenvalue weighted by molar-refractivity contribution is -0.111. The van der Waals surface area contributed by atoms with Crippen LogP contribution in [0.4, 0.5) is 22.7 Å². The molecule has 0 spiro atoms. The van der Waals surface area contributed by atoms with Crippen molar-refractivity contribution in [2.45, 2.75) is 0 Å². The maximum atomic E-state index is 12.9. The summed E-state index contributed by atoms with van der Waals surface area (Å²) in [6.07, 6.45) is 3.64. The number of hydrogen-bond acceptors (Lipinski definition) is 5. The minimum atomic E-state index is -0.194. The molecule has 0 unspecified atom stereocenters. The quantitative estimate of drug-likeness (QED) is 0.535. The van der Waals surface area contributed by atoms with Crippen LogP contribution >= 0.6 is 0 Å². The van der Waals surface area contributed by atoms with Crippen molar-refractivity contribution in [3.63, 3.8) is 0 Å². The van der Waals surface area contributed by atoms with Crippen molar-refractivity contribution in [3.8, 4) is 6.07 Å². The molecule has 2 amide bonds. The minimum absolute atomic E-state index is 0.194. The summed E-state index contributed by atoms with van der Waals surface area (Å²) >= 11 is 0. The van der Waals surface area contributed by atoms with Gasteiger partial charge in [0.25, 0.3) is 11.8 Å². The van der Waals surface area contributed by atoms with Gasteiger partial charge < -0.3 is 20.4 Å². The highest BCUT2D eigenvalue weighted by atomic mass is 16.2. The van der Waals surface area contributed by atoms with Gasteiger partial charge in [0.05, 0.1) is 16.9 Å². The van der Waals surface area contributed by atoms with Gasteiger partial charge >= 0.3 is 0 Å². The molecule has 5 rings (SSSR count). The van der Waals surface area contributed by atoms with Crippen LogP contribution in [0.2, 0.25) is 0 Å². The van der Waals surface area contributed by atoms with Crippen LogP contribution in [0.25, 0.3) is 23.3 Å². The summed E-state index contributed by atoms with van der Waals surface area (Å²) in [4.78, 5) is 29.5. The van der Waals surface area contributed by atoms with Gasteiger partial charge in [0.1, 0.15) is 6.07 Å². The first-order valence-electron chi connectivity index (χ1n) is 11.5. The zero-order valence-corrected chi connectivity index (χ0v) is 20.5. The van der Waals surface area contributed by atoms with Crippen molar-refractivity contribution in [3.05, 3.63) is 82.4 Å². The molecule has 0 atom stereocenters. The van der Waals surface area contributed by atoms with Crippen molar-refractivity contribution in [2.24, 2.45) is 0 Å². The van der Waals surface area contributed by atoms with Crippen molar-refractivity contribution in [1.82, 2.24) is 0 Å². The first-order chi connectivity index (χ1) is 17.3. The van der Waals surface area contributed by atoms with Crippen molar-refractivity contribution in [2.75, 3.05) is 48.6 Å². The Labute approximate surface area is 210 Å². The number of nitriles is 1. The first kappa shape index (κ1) is 22.9. The molecule has 7 nitrogen and oxygen atoms in total. The third-order valence-corrected chi connectivity index (χ3v) is 6.36. The summed E-state index contributed by atoms with van der Waals surface area (Å²) in [5, 5.41) is 16.1. The summed E-state index contributed by atoms with van der Waals surface area (Å²) in [6, 6.07) is 19.4. The van der Waals surface area contributed by atoms with E-state index in [0.29, 0.717) is 39.2 Å². The molecule has 2 aliphatic heterocycles. The molecular formula is C29H25N5O2. The molecule has 3 aromatic carbocycles. The van der Waals surface area contributed by atoms with Crippen LogP contribution in [0.3, 0.4) is 0 Å². The number of fused-ring (bicyclic) bond motifs is 2. The Morgan fingerprint density at radius 2 is 1.14 bits per heavy atom. The highest BCUT2D eigenvalue weighted by Gasteiger charge is 2.28. The van der Waals surface area contributed by atoms with Crippen LogP contribution in [-0.2, 0) is 9.59 Å². The molecule has 0 bridgehead atoms. The number of nitrogens with zero attached hydrogens (tertiary/aromatic N) is 3. The molecule has 2 aliphatic rings. The summed E-state index contributed by atoms with van der Waals surface area (Å²) in [5.41, 5.74) is 7.47. The molecule has 0 aliphatic carbocycles. The van der Waals surface area contributed by atoms with Crippen LogP contribution in [0.5, 0.6) is 0 Å². The van der Waals surface area contributed by atoms with Crippen molar-refractivity contribution in [1.29, 1.82) is 5.26 Å². The fraction of sp³-hybridized carbons (Fsp3) is 0.138. The molecular weight excluding hydrogens is 450 g/mol. The van der Waals surface area contributed by atoms with E-state index in [1.54, 1.807) is 0 Å². The van der Waals surface area contributed by atoms with Gasteiger partial charge in [-0.25, -0.2) is 0 Å². The van der Waals surface area contributed by atoms with Crippen LogP contribution in [0.15, 0.2) is 54.6 Å². The first-order valence-corrected chi connectivity index (χ1v) is 11.5. The largest absolute Gasteiger partial charge is 0.376 e. The van der Waals surface area contributed by atoms with Gasteiger partial charge in [-0.2, -0.15) is 5.26 Å². The zero-order valence-electron chi connectivity index (χ0n) is 20.5. The van der Waals surface area contributed by atoms with Gasteiger partial charge in [-0.05, 0) is 30.4 Å². The fourth-order valence-electron chi connectivity index (χ4n) is 4.87. The summed E-state index contributed by atoms with van der Waals surface area (Å²) in [6.45, 7) is 0. The Balaban J connectivity index is 1.80. The summed E-state index contributed by atoms with van der Waals surface area (Å²) < 4.78 is 0. The molecule has 7 heteroatoms. The number of anilines is 4. The molecule has 0 saturated carbocycles. The molecule has 0 aromatic heterocycles. The molecule has 3 aromatic rings. The zero-order chi connectivity index (χ0) is 25.6. The monoisotopic (exact) mass is 475 g/mol. The summed E-state index contributed by atoms with van der Waals surface area (Å²) in [5.74, 6) is -0.389. The second kappa shape index (κ2) is 8.75. The third kappa shape index (κ3) is 3.69. The number of carbonyl (C=O) groups excluding carboxylic acids is 2. The minimum Gasteiger partial charge on any atom is -0.376 e. The number of nitrogens with one attached hydrogen (secondary N) is 2. The number of para-hydroxylation sites is 2. The second-order valence-corrected chi connectivity index (χ2v) is 9.14. The van der Waals surface area contributed by atoms with E-state index >= 15 is 0 Å². The van der Waals surface area contributed by atoms with Gasteiger partial charge in [0.15, 0.2) is 0 Å². The van der Waals surface area contributed by atoms with E-state index in [2.05, 4.69) is 16.7 Å². The number of carbonyl (C=O) groups is 2. The molecule has 2 N–H and O–H groups in total. The average molecular weight is 476 g/mol. The Morgan fingerprint density at radius 1 is 0.722 bits per heavy atom. The number of amides is 2. The van der Waals surface area contributed by atoms with Crippen LogP contribution < -0.4 is 20.4 Å². The van der Waals surface area contributed by atoms with E-state index in [0.717, 1.165) is 22.5 Å². The van der Waals surface area contributed by atoms with E-state index in [1.165, 1.54) is 0 Å². The maximum Gasteiger partial charge on any atom is 0.256 e. The second-order valence-electron chi connectivity index (χ2n) is 9.14. The lowest BCUT2D eigenvalue weighted by Crippen LogP contribution is -2.18. The van der Waals surface area contributed by atoms with Crippen LogP contribution in [-0.4, -0.2) is 40.0 Å². The van der Waals surface area contributed by atoms with Crippen LogP contribution in [0.1, 0.15) is 27.8 Å². The van der Waals surface area contributed by atoms with Gasteiger partial charge in [-0.3, -0.25) is 9.59 Å². The van der Waals surface area contributed by atoms with E-state index < -0.39 is 0 Å². The maximum absolute atomic E-state index is 12.9. The van der Waals surface area contributed by atoms with Gasteiger partial charge in [0.2, 0.25) is 0 Å². The van der Waals surface area contributed by atoms with Crippen molar-refractivity contribution < 1.29 is 9.59 Å². The highest BCUT2D eigenvalue weighted by molar-refractivity contribution is 6.36. The molecule has 0 saturated heterocycles. The molecule has 178 valence electrons. The van der Waals surface area contributed by atoms with E-state index in [9.17, 15) is 14.9 Å². The number of rotatable bonds is 4. The number of benzene rings is 3. The summed E-state index contributed by atoms with van der Waals surface area (Å²) in [7, 11) is 7.50. The Hall–Kier alpha value is -4.83. The lowest BCUT2D eigenvalue weighted by Gasteiger charge is -2.25. The van der Waals surface area contributed by atoms with Crippen molar-refractivity contribution >= 4 is 57.9 Å². The highest BCUT2D eigenvalue weighted by Crippen LogP contribution is 2.41. The Morgan fingerprint density at radius 3 is 1.53 bits per heavy atom. The van der Waals surface area contributed by atoms with E-state index in [-0.39, 0.29) is 11.8 Å². The number of hydrogen-bond donors (Lipinski definition) is 2. The molecule has 0 fully saturated rings. The Kier molecular flexibility index (Phi) is 5.57. The smallest absolute Gasteiger partial charge is 0.256 e. The van der Waals surface area contributed by atoms with E-state index in [4.69, 9.17) is 0 Å². The SMILES string of the molecule is CN(C)c1c(/C=C2\C(=O)Nc3ccccc32)cc(/C=C2/C(=O)Nc3ccccc32)c(N(C)C)c1C#N. The molecule has 36 heavy (non-hydrogen) atoms.